The molecular formula is C21H20N2O3S. The zero-order chi connectivity index (χ0) is 19.3. The van der Waals surface area contributed by atoms with E-state index in [0.29, 0.717) is 11.1 Å². The largest absolute Gasteiger partial charge is 0.350 e. The third kappa shape index (κ3) is 4.41. The quantitative estimate of drug-likeness (QED) is 0.712. The van der Waals surface area contributed by atoms with E-state index in [1.54, 1.807) is 60.8 Å². The average molecular weight is 380 g/mol. The fourth-order valence-electron chi connectivity index (χ4n) is 2.74. The van der Waals surface area contributed by atoms with E-state index < -0.39 is 15.1 Å². The van der Waals surface area contributed by atoms with Gasteiger partial charge in [0.25, 0.3) is 5.91 Å². The molecular weight excluding hydrogens is 360 g/mol. The molecule has 138 valence electrons. The smallest absolute Gasteiger partial charge is 0.251 e. The van der Waals surface area contributed by atoms with Gasteiger partial charge in [0, 0.05) is 24.5 Å². The first-order valence-electron chi connectivity index (χ1n) is 8.52. The normalized spacial score (nSPS) is 12.3. The Morgan fingerprint density at radius 1 is 1.00 bits per heavy atom. The molecule has 5 nitrogen and oxygen atoms in total. The lowest BCUT2D eigenvalue weighted by Gasteiger charge is -2.19. The number of amides is 1. The number of aryl methyl sites for hydroxylation is 1. The van der Waals surface area contributed by atoms with E-state index in [-0.39, 0.29) is 17.3 Å². The molecule has 0 aliphatic heterocycles. The van der Waals surface area contributed by atoms with Crippen LogP contribution in [0.5, 0.6) is 0 Å². The maximum absolute atomic E-state index is 13.1. The van der Waals surface area contributed by atoms with Crippen molar-refractivity contribution in [2.24, 2.45) is 0 Å². The van der Waals surface area contributed by atoms with Gasteiger partial charge in [-0.25, -0.2) is 8.42 Å². The standard InChI is InChI=1S/C21H20N2O3S/c1-16-9-11-17(12-10-16)21(24)23-15-20(18-6-5-13-22-14-18)27(25,26)19-7-3-2-4-8-19/h2-14,20H,15H2,1H3,(H,23,24). The summed E-state index contributed by atoms with van der Waals surface area (Å²) in [6, 6.07) is 18.7. The molecule has 1 unspecified atom stereocenters. The monoisotopic (exact) mass is 380 g/mol. The molecule has 2 aromatic carbocycles. The lowest BCUT2D eigenvalue weighted by molar-refractivity contribution is 0.0953. The van der Waals surface area contributed by atoms with Gasteiger partial charge < -0.3 is 5.32 Å². The van der Waals surface area contributed by atoms with E-state index in [1.165, 1.54) is 6.20 Å². The maximum atomic E-state index is 13.1. The molecule has 0 aliphatic rings. The third-order valence-corrected chi connectivity index (χ3v) is 6.38. The molecule has 0 saturated carbocycles. The zero-order valence-corrected chi connectivity index (χ0v) is 15.7. The van der Waals surface area contributed by atoms with Crippen molar-refractivity contribution in [3.63, 3.8) is 0 Å². The van der Waals surface area contributed by atoms with Crippen LogP contribution in [0.25, 0.3) is 0 Å². The number of carbonyl (C=O) groups excluding carboxylic acids is 1. The van der Waals surface area contributed by atoms with E-state index in [2.05, 4.69) is 10.3 Å². The molecule has 3 aromatic rings. The van der Waals surface area contributed by atoms with Crippen LogP contribution in [-0.4, -0.2) is 25.9 Å². The Kier molecular flexibility index (Phi) is 5.66. The highest BCUT2D eigenvalue weighted by molar-refractivity contribution is 7.91. The lowest BCUT2D eigenvalue weighted by Crippen LogP contribution is -2.32. The van der Waals surface area contributed by atoms with Crippen molar-refractivity contribution < 1.29 is 13.2 Å². The second-order valence-corrected chi connectivity index (χ2v) is 8.34. The van der Waals surface area contributed by atoms with Crippen molar-refractivity contribution in [2.45, 2.75) is 17.1 Å². The molecule has 1 heterocycles. The van der Waals surface area contributed by atoms with Crippen molar-refractivity contribution in [2.75, 3.05) is 6.54 Å². The summed E-state index contributed by atoms with van der Waals surface area (Å²) >= 11 is 0. The molecule has 0 aliphatic carbocycles. The van der Waals surface area contributed by atoms with Gasteiger partial charge in [-0.2, -0.15) is 0 Å². The highest BCUT2D eigenvalue weighted by Crippen LogP contribution is 2.28. The van der Waals surface area contributed by atoms with E-state index >= 15 is 0 Å². The minimum atomic E-state index is -3.69. The zero-order valence-electron chi connectivity index (χ0n) is 14.9. The van der Waals surface area contributed by atoms with Gasteiger partial charge in [0.15, 0.2) is 9.84 Å². The number of carbonyl (C=O) groups is 1. The van der Waals surface area contributed by atoms with Crippen LogP contribution in [-0.2, 0) is 9.84 Å². The SMILES string of the molecule is Cc1ccc(C(=O)NCC(c2cccnc2)S(=O)(=O)c2ccccc2)cc1. The first-order chi connectivity index (χ1) is 13.0. The molecule has 3 rings (SSSR count). The molecule has 27 heavy (non-hydrogen) atoms. The van der Waals surface area contributed by atoms with E-state index in [0.717, 1.165) is 5.56 Å². The fraction of sp³-hybridized carbons (Fsp3) is 0.143. The van der Waals surface area contributed by atoms with E-state index in [1.807, 2.05) is 19.1 Å². The Morgan fingerprint density at radius 2 is 1.70 bits per heavy atom. The Bertz CT molecular complexity index is 1000. The van der Waals surface area contributed by atoms with Gasteiger partial charge in [-0.05, 0) is 42.8 Å². The Hall–Kier alpha value is -2.99. The number of aromatic nitrogens is 1. The van der Waals surface area contributed by atoms with Crippen LogP contribution in [0, 0.1) is 6.92 Å². The number of hydrogen-bond donors (Lipinski definition) is 1. The van der Waals surface area contributed by atoms with Crippen LogP contribution < -0.4 is 5.32 Å². The Balaban J connectivity index is 1.87. The molecule has 0 fully saturated rings. The van der Waals surface area contributed by atoms with Gasteiger partial charge in [0.05, 0.1) is 4.90 Å². The summed E-state index contributed by atoms with van der Waals surface area (Å²) in [5.41, 5.74) is 2.07. The van der Waals surface area contributed by atoms with Crippen molar-refractivity contribution in [1.29, 1.82) is 0 Å². The van der Waals surface area contributed by atoms with Crippen LogP contribution >= 0.6 is 0 Å². The predicted octanol–water partition coefficient (Wildman–Crippen LogP) is 3.34. The second-order valence-electron chi connectivity index (χ2n) is 6.21. The summed E-state index contributed by atoms with van der Waals surface area (Å²) in [4.78, 5) is 16.7. The summed E-state index contributed by atoms with van der Waals surface area (Å²) in [7, 11) is -3.69. The van der Waals surface area contributed by atoms with Gasteiger partial charge >= 0.3 is 0 Å². The second kappa shape index (κ2) is 8.14. The molecule has 0 bridgehead atoms. The van der Waals surface area contributed by atoms with Crippen LogP contribution in [0.1, 0.15) is 26.7 Å². The van der Waals surface area contributed by atoms with Gasteiger partial charge in [-0.1, -0.05) is 42.0 Å². The molecule has 6 heteroatoms. The van der Waals surface area contributed by atoms with Crippen LogP contribution in [0.2, 0.25) is 0 Å². The van der Waals surface area contributed by atoms with Gasteiger partial charge in [0.1, 0.15) is 5.25 Å². The number of nitrogens with zero attached hydrogens (tertiary/aromatic N) is 1. The molecule has 1 N–H and O–H groups in total. The first-order valence-corrected chi connectivity index (χ1v) is 10.1. The summed E-state index contributed by atoms with van der Waals surface area (Å²) in [6.07, 6.45) is 3.10. The highest BCUT2D eigenvalue weighted by atomic mass is 32.2. The molecule has 0 radical (unpaired) electrons. The predicted molar refractivity (Wildman–Crippen MR) is 104 cm³/mol. The van der Waals surface area contributed by atoms with Crippen molar-refractivity contribution >= 4 is 15.7 Å². The lowest BCUT2D eigenvalue weighted by atomic mass is 10.1. The van der Waals surface area contributed by atoms with Crippen LogP contribution in [0.3, 0.4) is 0 Å². The maximum Gasteiger partial charge on any atom is 0.251 e. The number of sulfone groups is 1. The summed E-state index contributed by atoms with van der Waals surface area (Å²) in [6.45, 7) is 1.89. The fourth-order valence-corrected chi connectivity index (χ4v) is 4.41. The minimum Gasteiger partial charge on any atom is -0.350 e. The third-order valence-electron chi connectivity index (χ3n) is 4.26. The number of pyridine rings is 1. The van der Waals surface area contributed by atoms with Gasteiger partial charge in [0.2, 0.25) is 0 Å². The van der Waals surface area contributed by atoms with Crippen molar-refractivity contribution in [1.82, 2.24) is 10.3 Å². The first kappa shape index (κ1) is 18.8. The Labute approximate surface area is 159 Å². The topological polar surface area (TPSA) is 76.1 Å². The van der Waals surface area contributed by atoms with Crippen LogP contribution in [0.15, 0.2) is 84.0 Å². The van der Waals surface area contributed by atoms with E-state index in [4.69, 9.17) is 0 Å². The molecule has 0 spiro atoms. The van der Waals surface area contributed by atoms with Gasteiger partial charge in [-0.3, -0.25) is 9.78 Å². The minimum absolute atomic E-state index is 0.0460. The number of hydrogen-bond acceptors (Lipinski definition) is 4. The molecule has 1 amide bonds. The van der Waals surface area contributed by atoms with Gasteiger partial charge in [-0.15, -0.1) is 0 Å². The molecule has 1 atom stereocenters. The number of benzene rings is 2. The molecule has 1 aromatic heterocycles. The van der Waals surface area contributed by atoms with Crippen molar-refractivity contribution in [3.8, 4) is 0 Å². The van der Waals surface area contributed by atoms with Crippen molar-refractivity contribution in [3.05, 3.63) is 95.8 Å². The molecule has 0 saturated heterocycles. The number of nitrogens with one attached hydrogen (secondary N) is 1. The average Bonchev–Trinajstić information content (AvgIpc) is 2.70. The Morgan fingerprint density at radius 3 is 2.33 bits per heavy atom. The summed E-state index contributed by atoms with van der Waals surface area (Å²) in [5, 5.41) is 1.82. The number of rotatable bonds is 6. The van der Waals surface area contributed by atoms with E-state index in [9.17, 15) is 13.2 Å². The summed E-state index contributed by atoms with van der Waals surface area (Å²) in [5.74, 6) is -0.313. The highest BCUT2D eigenvalue weighted by Gasteiger charge is 2.29. The summed E-state index contributed by atoms with van der Waals surface area (Å²) < 4.78 is 26.3. The van der Waals surface area contributed by atoms with Crippen LogP contribution in [0.4, 0.5) is 0 Å².